The first-order valence-electron chi connectivity index (χ1n) is 5.58. The van der Waals surface area contributed by atoms with Gasteiger partial charge in [0.05, 0.1) is 0 Å². The number of hydrogen-bond acceptors (Lipinski definition) is 2. The molecule has 0 amide bonds. The van der Waals surface area contributed by atoms with Crippen LogP contribution in [0, 0.1) is 6.92 Å². The molecular formula is C15H11NO. The van der Waals surface area contributed by atoms with Gasteiger partial charge in [0.2, 0.25) is 6.08 Å². The minimum atomic E-state index is -0.189. The number of isocyanates is 1. The van der Waals surface area contributed by atoms with E-state index in [9.17, 15) is 4.79 Å². The normalized spacial score (nSPS) is 16.9. The molecule has 82 valence electrons. The summed E-state index contributed by atoms with van der Waals surface area (Å²) in [6, 6.07) is 10.2. The van der Waals surface area contributed by atoms with E-state index in [0.717, 1.165) is 5.56 Å². The van der Waals surface area contributed by atoms with Crippen molar-refractivity contribution in [1.82, 2.24) is 0 Å². The highest BCUT2D eigenvalue weighted by Gasteiger charge is 2.17. The van der Waals surface area contributed by atoms with Gasteiger partial charge in [-0.2, -0.15) is 4.99 Å². The van der Waals surface area contributed by atoms with Gasteiger partial charge in [0, 0.05) is 0 Å². The molecule has 2 aromatic rings. The van der Waals surface area contributed by atoms with Crippen LogP contribution in [0.2, 0.25) is 0 Å². The lowest BCUT2D eigenvalue weighted by Crippen LogP contribution is -2.00. The Hall–Kier alpha value is -2.18. The van der Waals surface area contributed by atoms with Crippen molar-refractivity contribution in [1.29, 1.82) is 0 Å². The quantitative estimate of drug-likeness (QED) is 0.535. The fourth-order valence-corrected chi connectivity index (χ4v) is 2.46. The van der Waals surface area contributed by atoms with Gasteiger partial charge in [-0.3, -0.25) is 0 Å². The monoisotopic (exact) mass is 221 g/mol. The highest BCUT2D eigenvalue weighted by Crippen LogP contribution is 2.36. The van der Waals surface area contributed by atoms with Crippen LogP contribution >= 0.6 is 0 Å². The molecule has 1 unspecified atom stereocenters. The number of nitrogens with zero attached hydrogens (tertiary/aromatic N) is 1. The van der Waals surface area contributed by atoms with Crippen LogP contribution in [0.25, 0.3) is 16.8 Å². The summed E-state index contributed by atoms with van der Waals surface area (Å²) in [5.41, 5.74) is 3.57. The van der Waals surface area contributed by atoms with E-state index in [1.807, 2.05) is 18.2 Å². The van der Waals surface area contributed by atoms with Gasteiger partial charge in [-0.15, -0.1) is 0 Å². The van der Waals surface area contributed by atoms with Crippen molar-refractivity contribution in [2.75, 3.05) is 0 Å². The number of hydrogen-bond donors (Lipinski definition) is 0. The Labute approximate surface area is 99.3 Å². The maximum Gasteiger partial charge on any atom is 0.235 e. The Kier molecular flexibility index (Phi) is 2.17. The fourth-order valence-electron chi connectivity index (χ4n) is 2.46. The van der Waals surface area contributed by atoms with E-state index in [-0.39, 0.29) is 6.04 Å². The maximum absolute atomic E-state index is 10.4. The first-order chi connectivity index (χ1) is 8.31. The zero-order chi connectivity index (χ0) is 11.8. The Morgan fingerprint density at radius 2 is 2.12 bits per heavy atom. The molecule has 0 bridgehead atoms. The minimum Gasteiger partial charge on any atom is -0.211 e. The van der Waals surface area contributed by atoms with Crippen molar-refractivity contribution in [3.05, 3.63) is 53.1 Å². The second-order valence-corrected chi connectivity index (χ2v) is 4.27. The molecule has 2 nitrogen and oxygen atoms in total. The summed E-state index contributed by atoms with van der Waals surface area (Å²) in [6.45, 7) is 2.10. The van der Waals surface area contributed by atoms with Crippen LogP contribution in [-0.2, 0) is 4.79 Å². The predicted molar refractivity (Wildman–Crippen MR) is 68.6 cm³/mol. The lowest BCUT2D eigenvalue weighted by Gasteiger charge is -2.18. The lowest BCUT2D eigenvalue weighted by atomic mass is 9.88. The molecule has 0 heterocycles. The van der Waals surface area contributed by atoms with E-state index >= 15 is 0 Å². The first kappa shape index (κ1) is 10.0. The Morgan fingerprint density at radius 1 is 1.24 bits per heavy atom. The van der Waals surface area contributed by atoms with E-state index in [1.165, 1.54) is 21.9 Å². The van der Waals surface area contributed by atoms with Gasteiger partial charge in [-0.25, -0.2) is 4.79 Å². The number of rotatable bonds is 1. The van der Waals surface area contributed by atoms with Gasteiger partial charge in [0.25, 0.3) is 0 Å². The molecule has 0 saturated carbocycles. The van der Waals surface area contributed by atoms with Crippen LogP contribution in [0.1, 0.15) is 22.7 Å². The summed E-state index contributed by atoms with van der Waals surface area (Å²) in [5, 5.41) is 2.40. The van der Waals surface area contributed by atoms with E-state index in [1.54, 1.807) is 6.08 Å². The van der Waals surface area contributed by atoms with Crippen LogP contribution in [0.15, 0.2) is 41.4 Å². The zero-order valence-corrected chi connectivity index (χ0v) is 9.47. The van der Waals surface area contributed by atoms with Crippen LogP contribution in [0.3, 0.4) is 0 Å². The second kappa shape index (κ2) is 3.69. The van der Waals surface area contributed by atoms with E-state index in [0.29, 0.717) is 0 Å². The standard InChI is InChI=1S/C15H11NO/c1-10-5-6-11-3-2-4-13-14(16-9-17)8-7-12(10)15(11)13/h2-8,14H,1H3. The third kappa shape index (κ3) is 1.42. The zero-order valence-electron chi connectivity index (χ0n) is 9.47. The first-order valence-corrected chi connectivity index (χ1v) is 5.58. The fraction of sp³-hybridized carbons (Fsp3) is 0.133. The molecule has 0 radical (unpaired) electrons. The highest BCUT2D eigenvalue weighted by atomic mass is 16.1. The van der Waals surface area contributed by atoms with Crippen LogP contribution in [0.4, 0.5) is 0 Å². The summed E-state index contributed by atoms with van der Waals surface area (Å²) in [4.78, 5) is 14.3. The molecule has 0 aliphatic heterocycles. The lowest BCUT2D eigenvalue weighted by molar-refractivity contribution is 0.561. The molecule has 17 heavy (non-hydrogen) atoms. The molecule has 0 N–H and O–H groups in total. The van der Waals surface area contributed by atoms with Crippen molar-refractivity contribution in [2.24, 2.45) is 4.99 Å². The van der Waals surface area contributed by atoms with Crippen molar-refractivity contribution in [2.45, 2.75) is 13.0 Å². The number of benzene rings is 2. The number of aliphatic imine (C=N–C) groups is 1. The smallest absolute Gasteiger partial charge is 0.211 e. The van der Waals surface area contributed by atoms with Gasteiger partial charge in [0.1, 0.15) is 6.04 Å². The highest BCUT2D eigenvalue weighted by molar-refractivity contribution is 5.96. The minimum absolute atomic E-state index is 0.189. The summed E-state index contributed by atoms with van der Waals surface area (Å²) in [6.07, 6.45) is 5.65. The average molecular weight is 221 g/mol. The third-order valence-corrected chi connectivity index (χ3v) is 3.29. The molecule has 0 aromatic heterocycles. The summed E-state index contributed by atoms with van der Waals surface area (Å²) in [7, 11) is 0. The molecule has 2 aromatic carbocycles. The molecular weight excluding hydrogens is 210 g/mol. The van der Waals surface area contributed by atoms with Gasteiger partial charge in [-0.05, 0) is 34.4 Å². The molecule has 1 aliphatic carbocycles. The molecule has 1 atom stereocenters. The van der Waals surface area contributed by atoms with E-state index in [2.05, 4.69) is 36.2 Å². The molecule has 0 spiro atoms. The number of aryl methyl sites for hydroxylation is 1. The maximum atomic E-state index is 10.4. The van der Waals surface area contributed by atoms with Crippen molar-refractivity contribution in [3.8, 4) is 0 Å². The molecule has 3 rings (SSSR count). The third-order valence-electron chi connectivity index (χ3n) is 3.29. The molecule has 1 aliphatic rings. The van der Waals surface area contributed by atoms with E-state index < -0.39 is 0 Å². The summed E-state index contributed by atoms with van der Waals surface area (Å²) in [5.74, 6) is 0. The van der Waals surface area contributed by atoms with Crippen LogP contribution < -0.4 is 0 Å². The van der Waals surface area contributed by atoms with Gasteiger partial charge < -0.3 is 0 Å². The molecule has 0 fully saturated rings. The molecule has 2 heteroatoms. The van der Waals surface area contributed by atoms with Crippen molar-refractivity contribution in [3.63, 3.8) is 0 Å². The van der Waals surface area contributed by atoms with Crippen LogP contribution in [0.5, 0.6) is 0 Å². The number of carbonyl (C=O) groups excluding carboxylic acids is 1. The SMILES string of the molecule is Cc1ccc2cccc3c2c1C=CC3N=C=O. The second-order valence-electron chi connectivity index (χ2n) is 4.27. The van der Waals surface area contributed by atoms with Gasteiger partial charge in [-0.1, -0.05) is 42.5 Å². The molecule has 0 saturated heterocycles. The van der Waals surface area contributed by atoms with Crippen LogP contribution in [-0.4, -0.2) is 6.08 Å². The largest absolute Gasteiger partial charge is 0.235 e. The average Bonchev–Trinajstić information content (AvgIpc) is 2.36. The van der Waals surface area contributed by atoms with Gasteiger partial charge in [0.15, 0.2) is 0 Å². The Balaban J connectivity index is 2.42. The van der Waals surface area contributed by atoms with E-state index in [4.69, 9.17) is 0 Å². The van der Waals surface area contributed by atoms with Crippen molar-refractivity contribution < 1.29 is 4.79 Å². The topological polar surface area (TPSA) is 29.4 Å². The Morgan fingerprint density at radius 3 is 2.94 bits per heavy atom. The summed E-state index contributed by atoms with van der Waals surface area (Å²) < 4.78 is 0. The summed E-state index contributed by atoms with van der Waals surface area (Å²) >= 11 is 0. The predicted octanol–water partition coefficient (Wildman–Crippen LogP) is 3.55. The van der Waals surface area contributed by atoms with Gasteiger partial charge >= 0.3 is 0 Å². The Bertz CT molecular complexity index is 679. The van der Waals surface area contributed by atoms with Crippen molar-refractivity contribution >= 4 is 22.9 Å².